The summed E-state index contributed by atoms with van der Waals surface area (Å²) < 4.78 is 3.12. The minimum atomic E-state index is -1.61. The topological polar surface area (TPSA) is 26.3 Å². The monoisotopic (exact) mass is 334 g/mol. The van der Waals surface area contributed by atoms with E-state index in [0.717, 1.165) is 0 Å². The molecule has 94 valence electrons. The average molecular weight is 336 g/mol. The first kappa shape index (κ1) is 15.2. The van der Waals surface area contributed by atoms with Crippen LogP contribution in [0.2, 0.25) is 10.0 Å². The molecule has 17 heavy (non-hydrogen) atoms. The highest BCUT2D eigenvalue weighted by atomic mass is 35.5. The van der Waals surface area contributed by atoms with Gasteiger partial charge in [0, 0.05) is 6.92 Å². The third kappa shape index (κ3) is 3.80. The van der Waals surface area contributed by atoms with Crippen molar-refractivity contribution < 1.29 is 9.53 Å². The van der Waals surface area contributed by atoms with Gasteiger partial charge in [0.25, 0.3) is 0 Å². The lowest BCUT2D eigenvalue weighted by atomic mass is 10.1. The number of carbonyl (C=O) groups is 1. The molecule has 1 rings (SSSR count). The number of benzene rings is 1. The summed E-state index contributed by atoms with van der Waals surface area (Å²) >= 11 is 29.5. The molecule has 1 aromatic carbocycles. The van der Waals surface area contributed by atoms with Crippen molar-refractivity contribution in [2.45, 2.75) is 16.8 Å². The van der Waals surface area contributed by atoms with Gasteiger partial charge in [-0.1, -0.05) is 64.1 Å². The van der Waals surface area contributed by atoms with E-state index < -0.39 is 15.9 Å². The Morgan fingerprint density at radius 2 is 1.88 bits per heavy atom. The van der Waals surface area contributed by atoms with Crippen molar-refractivity contribution in [3.05, 3.63) is 33.8 Å². The molecule has 0 aliphatic rings. The molecule has 1 atom stereocenters. The van der Waals surface area contributed by atoms with Gasteiger partial charge >= 0.3 is 5.97 Å². The summed E-state index contributed by atoms with van der Waals surface area (Å²) in [5.41, 5.74) is -0.850. The maximum atomic E-state index is 10.8. The Kier molecular flexibility index (Phi) is 5.23. The summed E-state index contributed by atoms with van der Waals surface area (Å²) in [4.78, 5) is 10.8. The number of alkyl halides is 3. The first-order valence-electron chi connectivity index (χ1n) is 4.39. The molecule has 0 bridgehead atoms. The minimum Gasteiger partial charge on any atom is -0.442 e. The van der Waals surface area contributed by atoms with Crippen LogP contribution in [0.3, 0.4) is 0 Å². The second-order valence-corrected chi connectivity index (χ2v) is 5.77. The second kappa shape index (κ2) is 5.85. The second-order valence-electron chi connectivity index (χ2n) is 3.18. The Labute approximate surface area is 124 Å². The predicted molar refractivity (Wildman–Crippen MR) is 71.3 cm³/mol. The Morgan fingerprint density at radius 1 is 1.29 bits per heavy atom. The average Bonchev–Trinajstić information content (AvgIpc) is 2.20. The van der Waals surface area contributed by atoms with Gasteiger partial charge in [0.2, 0.25) is 5.56 Å². The summed E-state index contributed by atoms with van der Waals surface area (Å²) in [7, 11) is 0. The van der Waals surface area contributed by atoms with E-state index in [-0.39, 0.29) is 5.02 Å². The molecule has 2 nitrogen and oxygen atoms in total. The smallest absolute Gasteiger partial charge is 0.304 e. The number of ether oxygens (including phenoxy) is 1. The number of esters is 1. The molecule has 0 aliphatic heterocycles. The van der Waals surface area contributed by atoms with Crippen molar-refractivity contribution in [2.24, 2.45) is 0 Å². The summed E-state index contributed by atoms with van der Waals surface area (Å²) in [6.07, 6.45) is 0. The summed E-state index contributed by atoms with van der Waals surface area (Å²) in [5.74, 6) is -0.587. The Bertz CT molecular complexity index is 433. The van der Waals surface area contributed by atoms with Crippen molar-refractivity contribution in [2.75, 3.05) is 0 Å². The zero-order valence-corrected chi connectivity index (χ0v) is 12.3. The van der Waals surface area contributed by atoms with Crippen LogP contribution in [0.15, 0.2) is 18.2 Å². The fourth-order valence-corrected chi connectivity index (χ4v) is 1.93. The summed E-state index contributed by atoms with van der Waals surface area (Å²) in [6.45, 7) is 1.20. The van der Waals surface area contributed by atoms with Gasteiger partial charge in [-0.25, -0.2) is 0 Å². The Morgan fingerprint density at radius 3 is 2.35 bits per heavy atom. The fraction of sp³-hybridized carbons (Fsp3) is 0.300. The van der Waals surface area contributed by atoms with Gasteiger partial charge in [0.1, 0.15) is 0 Å². The molecule has 0 N–H and O–H groups in total. The van der Waals surface area contributed by atoms with Crippen molar-refractivity contribution in [3.63, 3.8) is 0 Å². The van der Waals surface area contributed by atoms with E-state index in [0.29, 0.717) is 10.6 Å². The SMILES string of the molecule is CC(=O)OC(Cl)C(Cl)(Cl)c1ccc(Cl)c(Cl)c1. The van der Waals surface area contributed by atoms with Crippen molar-refractivity contribution in [1.29, 1.82) is 0 Å². The molecule has 0 aliphatic carbocycles. The summed E-state index contributed by atoms with van der Waals surface area (Å²) in [6, 6.07) is 4.53. The Hall–Kier alpha value is 0.140. The van der Waals surface area contributed by atoms with Gasteiger partial charge in [0.15, 0.2) is 4.33 Å². The van der Waals surface area contributed by atoms with E-state index in [1.165, 1.54) is 19.1 Å². The molecule has 0 heterocycles. The normalized spacial score (nSPS) is 13.3. The minimum absolute atomic E-state index is 0.279. The van der Waals surface area contributed by atoms with Gasteiger partial charge in [-0.05, 0) is 17.7 Å². The molecular weight excluding hydrogens is 329 g/mol. The number of carbonyl (C=O) groups excluding carboxylic acids is 1. The van der Waals surface area contributed by atoms with Crippen LogP contribution in [0.5, 0.6) is 0 Å². The van der Waals surface area contributed by atoms with Gasteiger partial charge in [-0.2, -0.15) is 0 Å². The maximum absolute atomic E-state index is 10.8. The largest absolute Gasteiger partial charge is 0.442 e. The maximum Gasteiger partial charge on any atom is 0.304 e. The van der Waals surface area contributed by atoms with Crippen LogP contribution in [0, 0.1) is 0 Å². The molecule has 0 saturated heterocycles. The van der Waals surface area contributed by atoms with E-state index >= 15 is 0 Å². The molecule has 1 aromatic rings. The van der Waals surface area contributed by atoms with Crippen LogP contribution in [-0.2, 0) is 13.9 Å². The highest BCUT2D eigenvalue weighted by Gasteiger charge is 2.38. The van der Waals surface area contributed by atoms with E-state index in [4.69, 9.17) is 62.7 Å². The van der Waals surface area contributed by atoms with Gasteiger partial charge in [-0.15, -0.1) is 0 Å². The number of halogens is 5. The lowest BCUT2D eigenvalue weighted by Crippen LogP contribution is -2.28. The van der Waals surface area contributed by atoms with E-state index in [1.54, 1.807) is 6.07 Å². The first-order chi connectivity index (χ1) is 7.75. The number of hydrogen-bond acceptors (Lipinski definition) is 2. The first-order valence-corrected chi connectivity index (χ1v) is 6.34. The third-order valence-corrected chi connectivity index (χ3v) is 4.07. The molecule has 0 aromatic heterocycles. The number of rotatable bonds is 3. The molecule has 0 fully saturated rings. The lowest BCUT2D eigenvalue weighted by Gasteiger charge is -2.25. The molecule has 0 radical (unpaired) electrons. The van der Waals surface area contributed by atoms with Gasteiger partial charge in [-0.3, -0.25) is 4.79 Å². The fourth-order valence-electron chi connectivity index (χ4n) is 1.05. The van der Waals surface area contributed by atoms with E-state index in [2.05, 4.69) is 0 Å². The Balaban J connectivity index is 3.03. The van der Waals surface area contributed by atoms with Crippen LogP contribution in [0.25, 0.3) is 0 Å². The van der Waals surface area contributed by atoms with Crippen LogP contribution < -0.4 is 0 Å². The molecular formula is C10H7Cl5O2. The standard InChI is InChI=1S/C10H7Cl5O2/c1-5(16)17-9(13)10(14,15)6-2-3-7(11)8(12)4-6/h2-4,9H,1H3. The highest BCUT2D eigenvalue weighted by molar-refractivity contribution is 6.52. The van der Waals surface area contributed by atoms with E-state index in [1.807, 2.05) is 0 Å². The van der Waals surface area contributed by atoms with Crippen LogP contribution in [0.4, 0.5) is 0 Å². The third-order valence-electron chi connectivity index (χ3n) is 1.86. The molecule has 0 amide bonds. The predicted octanol–water partition coefficient (Wildman–Crippen LogP) is 4.75. The van der Waals surface area contributed by atoms with Crippen LogP contribution in [-0.4, -0.2) is 11.5 Å². The zero-order chi connectivity index (χ0) is 13.2. The van der Waals surface area contributed by atoms with Gasteiger partial charge in [0.05, 0.1) is 10.0 Å². The lowest BCUT2D eigenvalue weighted by molar-refractivity contribution is -0.143. The van der Waals surface area contributed by atoms with Crippen molar-refractivity contribution in [3.8, 4) is 0 Å². The highest BCUT2D eigenvalue weighted by Crippen LogP contribution is 2.42. The molecule has 0 spiro atoms. The van der Waals surface area contributed by atoms with Crippen molar-refractivity contribution >= 4 is 64.0 Å². The number of hydrogen-bond donors (Lipinski definition) is 0. The van der Waals surface area contributed by atoms with Crippen LogP contribution in [0.1, 0.15) is 12.5 Å². The quantitative estimate of drug-likeness (QED) is 0.588. The zero-order valence-electron chi connectivity index (χ0n) is 8.52. The molecule has 1 unspecified atom stereocenters. The van der Waals surface area contributed by atoms with E-state index in [9.17, 15) is 4.79 Å². The van der Waals surface area contributed by atoms with Gasteiger partial charge < -0.3 is 4.74 Å². The van der Waals surface area contributed by atoms with Crippen molar-refractivity contribution in [1.82, 2.24) is 0 Å². The molecule has 7 heteroatoms. The summed E-state index contributed by atoms with van der Waals surface area (Å²) in [5, 5.41) is 0.639. The van der Waals surface area contributed by atoms with Crippen LogP contribution >= 0.6 is 58.0 Å². The molecule has 0 saturated carbocycles.